The minimum absolute atomic E-state index is 0.156. The number of ether oxygens (including phenoxy) is 1. The van der Waals surface area contributed by atoms with Crippen LogP contribution in [0.2, 0.25) is 5.02 Å². The van der Waals surface area contributed by atoms with Gasteiger partial charge in [-0.05, 0) is 42.5 Å². The molecule has 0 radical (unpaired) electrons. The molecule has 0 fully saturated rings. The average Bonchev–Trinajstić information content (AvgIpc) is 2.59. The van der Waals surface area contributed by atoms with Gasteiger partial charge in [0.2, 0.25) is 5.88 Å². The van der Waals surface area contributed by atoms with E-state index in [1.54, 1.807) is 24.3 Å². The molecule has 4 nitrogen and oxygen atoms in total. The van der Waals surface area contributed by atoms with E-state index < -0.39 is 11.7 Å². The minimum Gasteiger partial charge on any atom is -0.437 e. The molecule has 1 N–H and O–H groups in total. The Balaban J connectivity index is 1.85. The molecule has 3 rings (SSSR count). The van der Waals surface area contributed by atoms with Gasteiger partial charge in [0.25, 0.3) is 5.91 Å². The van der Waals surface area contributed by atoms with Gasteiger partial charge in [-0.2, -0.15) is 0 Å². The molecule has 0 unspecified atom stereocenters. The first-order valence-electron chi connectivity index (χ1n) is 7.08. The van der Waals surface area contributed by atoms with Crippen molar-refractivity contribution in [2.45, 2.75) is 0 Å². The highest BCUT2D eigenvalue weighted by molar-refractivity contribution is 6.31. The highest BCUT2D eigenvalue weighted by Crippen LogP contribution is 2.27. The topological polar surface area (TPSA) is 51.2 Å². The number of para-hydroxylation sites is 1. The Morgan fingerprint density at radius 2 is 1.88 bits per heavy atom. The second kappa shape index (κ2) is 7.10. The maximum Gasteiger partial charge on any atom is 0.258 e. The summed E-state index contributed by atoms with van der Waals surface area (Å²) >= 11 is 5.82. The number of carbonyl (C=O) groups is 1. The number of nitrogens with zero attached hydrogens (tertiary/aromatic N) is 1. The van der Waals surface area contributed by atoms with Crippen LogP contribution in [0.25, 0.3) is 0 Å². The highest BCUT2D eigenvalue weighted by Gasteiger charge is 2.15. The molecule has 0 atom stereocenters. The fourth-order valence-electron chi connectivity index (χ4n) is 2.03. The van der Waals surface area contributed by atoms with E-state index in [4.69, 9.17) is 16.3 Å². The Bertz CT molecular complexity index is 872. The van der Waals surface area contributed by atoms with Crippen LogP contribution in [0, 0.1) is 5.82 Å². The van der Waals surface area contributed by atoms with Gasteiger partial charge in [0.05, 0.1) is 5.56 Å². The lowest BCUT2D eigenvalue weighted by Crippen LogP contribution is -2.14. The number of aromatic nitrogens is 1. The van der Waals surface area contributed by atoms with E-state index in [0.717, 1.165) is 6.07 Å². The summed E-state index contributed by atoms with van der Waals surface area (Å²) in [5.74, 6) is -0.521. The third-order valence-electron chi connectivity index (χ3n) is 3.15. The number of amides is 1. The van der Waals surface area contributed by atoms with Crippen molar-refractivity contribution in [1.82, 2.24) is 4.98 Å². The number of anilines is 1. The highest BCUT2D eigenvalue weighted by atomic mass is 35.5. The molecule has 0 saturated carbocycles. The SMILES string of the molecule is O=C(Nc1cccnc1Oc1ccccc1)c1cc(Cl)ccc1F. The second-order valence-electron chi connectivity index (χ2n) is 4.85. The van der Waals surface area contributed by atoms with Crippen LogP contribution < -0.4 is 10.1 Å². The maximum atomic E-state index is 13.8. The second-order valence-corrected chi connectivity index (χ2v) is 5.29. The predicted molar refractivity (Wildman–Crippen MR) is 90.1 cm³/mol. The van der Waals surface area contributed by atoms with Crippen molar-refractivity contribution in [3.8, 4) is 11.6 Å². The van der Waals surface area contributed by atoms with Gasteiger partial charge in [-0.3, -0.25) is 4.79 Å². The van der Waals surface area contributed by atoms with E-state index in [1.807, 2.05) is 18.2 Å². The molecule has 0 aliphatic carbocycles. The average molecular weight is 343 g/mol. The first kappa shape index (κ1) is 16.0. The third-order valence-corrected chi connectivity index (χ3v) is 3.39. The van der Waals surface area contributed by atoms with Crippen molar-refractivity contribution in [3.05, 3.63) is 83.3 Å². The van der Waals surface area contributed by atoms with Gasteiger partial charge in [-0.25, -0.2) is 9.37 Å². The minimum atomic E-state index is -0.661. The summed E-state index contributed by atoms with van der Waals surface area (Å²) < 4.78 is 19.5. The summed E-state index contributed by atoms with van der Waals surface area (Å²) in [5.41, 5.74) is 0.169. The van der Waals surface area contributed by atoms with Gasteiger partial charge in [0, 0.05) is 11.2 Å². The zero-order valence-electron chi connectivity index (χ0n) is 12.4. The van der Waals surface area contributed by atoms with Crippen molar-refractivity contribution >= 4 is 23.2 Å². The molecule has 24 heavy (non-hydrogen) atoms. The van der Waals surface area contributed by atoms with Crippen molar-refractivity contribution in [3.63, 3.8) is 0 Å². The number of rotatable bonds is 4. The lowest BCUT2D eigenvalue weighted by atomic mass is 10.2. The molecule has 0 saturated heterocycles. The van der Waals surface area contributed by atoms with E-state index in [1.165, 1.54) is 18.3 Å². The Kier molecular flexibility index (Phi) is 4.72. The van der Waals surface area contributed by atoms with Crippen LogP contribution in [-0.2, 0) is 0 Å². The normalized spacial score (nSPS) is 10.2. The van der Waals surface area contributed by atoms with Crippen LogP contribution >= 0.6 is 11.6 Å². The lowest BCUT2D eigenvalue weighted by molar-refractivity contribution is 0.102. The number of halogens is 2. The number of pyridine rings is 1. The number of nitrogens with one attached hydrogen (secondary N) is 1. The van der Waals surface area contributed by atoms with E-state index in [-0.39, 0.29) is 16.5 Å². The molecule has 0 bridgehead atoms. The zero-order chi connectivity index (χ0) is 16.9. The first-order chi connectivity index (χ1) is 11.6. The van der Waals surface area contributed by atoms with Crippen LogP contribution in [0.15, 0.2) is 66.9 Å². The molecule has 6 heteroatoms. The Morgan fingerprint density at radius 1 is 1.08 bits per heavy atom. The molecule has 0 aliphatic heterocycles. The van der Waals surface area contributed by atoms with Gasteiger partial charge in [0.1, 0.15) is 17.3 Å². The van der Waals surface area contributed by atoms with Crippen molar-refractivity contribution in [1.29, 1.82) is 0 Å². The Morgan fingerprint density at radius 3 is 2.67 bits per heavy atom. The molecule has 0 aliphatic rings. The maximum absolute atomic E-state index is 13.8. The molecule has 1 heterocycles. The molecule has 1 amide bonds. The summed E-state index contributed by atoms with van der Waals surface area (Å²) in [6, 6.07) is 16.1. The van der Waals surface area contributed by atoms with Crippen molar-refractivity contribution in [2.75, 3.05) is 5.32 Å². The zero-order valence-corrected chi connectivity index (χ0v) is 13.1. The molecule has 2 aromatic carbocycles. The number of carbonyl (C=O) groups excluding carboxylic acids is 1. The quantitative estimate of drug-likeness (QED) is 0.732. The van der Waals surface area contributed by atoms with E-state index in [9.17, 15) is 9.18 Å². The van der Waals surface area contributed by atoms with E-state index in [2.05, 4.69) is 10.3 Å². The van der Waals surface area contributed by atoms with E-state index >= 15 is 0 Å². The summed E-state index contributed by atoms with van der Waals surface area (Å²) in [6.45, 7) is 0. The summed E-state index contributed by atoms with van der Waals surface area (Å²) in [6.07, 6.45) is 1.54. The Labute approximate surface area is 142 Å². The van der Waals surface area contributed by atoms with Crippen molar-refractivity contribution in [2.24, 2.45) is 0 Å². The summed E-state index contributed by atoms with van der Waals surface area (Å²) in [5, 5.41) is 2.86. The lowest BCUT2D eigenvalue weighted by Gasteiger charge is -2.11. The molecule has 1 aromatic heterocycles. The molecule has 120 valence electrons. The number of hydrogen-bond donors (Lipinski definition) is 1. The fraction of sp³-hybridized carbons (Fsp3) is 0. The van der Waals surface area contributed by atoms with Gasteiger partial charge < -0.3 is 10.1 Å². The standard InChI is InChI=1S/C18H12ClFN2O2/c19-12-8-9-15(20)14(11-12)17(23)22-16-7-4-10-21-18(16)24-13-5-2-1-3-6-13/h1-11H,(H,22,23). The van der Waals surface area contributed by atoms with Gasteiger partial charge in [-0.1, -0.05) is 29.8 Å². The van der Waals surface area contributed by atoms with E-state index in [0.29, 0.717) is 11.4 Å². The number of benzene rings is 2. The molecular formula is C18H12ClFN2O2. The monoisotopic (exact) mass is 342 g/mol. The van der Waals surface area contributed by atoms with Crippen LogP contribution in [0.4, 0.5) is 10.1 Å². The molecular weight excluding hydrogens is 331 g/mol. The predicted octanol–water partition coefficient (Wildman–Crippen LogP) is 4.92. The van der Waals surface area contributed by atoms with Crippen molar-refractivity contribution < 1.29 is 13.9 Å². The largest absolute Gasteiger partial charge is 0.437 e. The summed E-state index contributed by atoms with van der Waals surface area (Å²) in [7, 11) is 0. The van der Waals surface area contributed by atoms with Crippen LogP contribution in [-0.4, -0.2) is 10.9 Å². The molecule has 0 spiro atoms. The number of hydrogen-bond acceptors (Lipinski definition) is 3. The smallest absolute Gasteiger partial charge is 0.258 e. The molecule has 3 aromatic rings. The van der Waals surface area contributed by atoms with Gasteiger partial charge in [-0.15, -0.1) is 0 Å². The van der Waals surface area contributed by atoms with Gasteiger partial charge in [0.15, 0.2) is 0 Å². The fourth-order valence-corrected chi connectivity index (χ4v) is 2.20. The van der Waals surface area contributed by atoms with Crippen LogP contribution in [0.3, 0.4) is 0 Å². The Hall–Kier alpha value is -2.92. The van der Waals surface area contributed by atoms with Gasteiger partial charge >= 0.3 is 0 Å². The van der Waals surface area contributed by atoms with Crippen LogP contribution in [0.5, 0.6) is 11.6 Å². The summed E-state index contributed by atoms with van der Waals surface area (Å²) in [4.78, 5) is 16.4. The third kappa shape index (κ3) is 3.70. The first-order valence-corrected chi connectivity index (χ1v) is 7.45. The van der Waals surface area contributed by atoms with Crippen LogP contribution in [0.1, 0.15) is 10.4 Å².